The van der Waals surface area contributed by atoms with Crippen LogP contribution >= 0.6 is 11.8 Å². The van der Waals surface area contributed by atoms with Crippen molar-refractivity contribution in [2.45, 2.75) is 32.7 Å². The highest BCUT2D eigenvalue weighted by Crippen LogP contribution is 2.35. The molecule has 1 atom stereocenters. The predicted octanol–water partition coefficient (Wildman–Crippen LogP) is 3.21. The lowest BCUT2D eigenvalue weighted by molar-refractivity contribution is 0.102. The Bertz CT molecular complexity index is 815. The maximum absolute atomic E-state index is 12.4. The molecule has 0 bridgehead atoms. The van der Waals surface area contributed by atoms with Gasteiger partial charge >= 0.3 is 0 Å². The summed E-state index contributed by atoms with van der Waals surface area (Å²) in [5.74, 6) is 2.01. The summed E-state index contributed by atoms with van der Waals surface area (Å²) >= 11 is 1.56. The van der Waals surface area contributed by atoms with E-state index in [0.29, 0.717) is 27.9 Å². The van der Waals surface area contributed by atoms with E-state index in [1.165, 1.54) is 0 Å². The predicted molar refractivity (Wildman–Crippen MR) is 96.4 cm³/mol. The molecule has 0 saturated heterocycles. The molecule has 0 spiro atoms. The van der Waals surface area contributed by atoms with E-state index < -0.39 is 5.54 Å². The summed E-state index contributed by atoms with van der Waals surface area (Å²) in [5.41, 5.74) is 7.55. The van der Waals surface area contributed by atoms with Crippen molar-refractivity contribution in [2.75, 3.05) is 11.1 Å². The lowest BCUT2D eigenvalue weighted by atomic mass is 9.91. The van der Waals surface area contributed by atoms with Crippen LogP contribution in [0.1, 0.15) is 40.8 Å². The van der Waals surface area contributed by atoms with E-state index >= 15 is 0 Å². The number of furan rings is 1. The van der Waals surface area contributed by atoms with Gasteiger partial charge in [0.1, 0.15) is 11.5 Å². The Morgan fingerprint density at radius 1 is 1.38 bits per heavy atom. The zero-order valence-corrected chi connectivity index (χ0v) is 14.7. The standard InChI is InChI=1S/C17H20N4O2S/c1-10-6-14(11(2)23-10)15(22)20-13-7-12(8-19-9-13)17(3)4-5-24-16(18)21-17/h6-9H,4-5H2,1-3H3,(H2,18,21)(H,20,22)/t17-/m0/s1. The first-order chi connectivity index (χ1) is 11.4. The number of rotatable bonds is 3. The van der Waals surface area contributed by atoms with E-state index in [1.54, 1.807) is 37.1 Å². The number of amidine groups is 1. The van der Waals surface area contributed by atoms with Gasteiger partial charge in [0.05, 0.1) is 23.0 Å². The first-order valence-electron chi connectivity index (χ1n) is 7.69. The van der Waals surface area contributed by atoms with Crippen molar-refractivity contribution in [3.8, 4) is 0 Å². The number of carbonyl (C=O) groups is 1. The normalized spacial score (nSPS) is 20.5. The summed E-state index contributed by atoms with van der Waals surface area (Å²) in [6.07, 6.45) is 4.27. The van der Waals surface area contributed by atoms with Crippen LogP contribution in [0.5, 0.6) is 0 Å². The Balaban J connectivity index is 1.85. The molecule has 3 N–H and O–H groups in total. The number of carbonyl (C=O) groups excluding carboxylic acids is 1. The molecule has 2 aromatic heterocycles. The number of nitrogens with two attached hydrogens (primary N) is 1. The fourth-order valence-corrected chi connectivity index (χ4v) is 3.73. The van der Waals surface area contributed by atoms with Crippen molar-refractivity contribution in [2.24, 2.45) is 10.7 Å². The molecule has 24 heavy (non-hydrogen) atoms. The van der Waals surface area contributed by atoms with Gasteiger partial charge in [0, 0.05) is 11.9 Å². The van der Waals surface area contributed by atoms with Gasteiger partial charge in [0.2, 0.25) is 0 Å². The Labute approximate surface area is 144 Å². The van der Waals surface area contributed by atoms with Crippen LogP contribution in [0.25, 0.3) is 0 Å². The van der Waals surface area contributed by atoms with Crippen LogP contribution in [0, 0.1) is 13.8 Å². The van der Waals surface area contributed by atoms with E-state index in [-0.39, 0.29) is 5.91 Å². The third-order valence-corrected chi connectivity index (χ3v) is 4.89. The first-order valence-corrected chi connectivity index (χ1v) is 8.68. The summed E-state index contributed by atoms with van der Waals surface area (Å²) < 4.78 is 5.41. The minimum atomic E-state index is -0.411. The van der Waals surface area contributed by atoms with Gasteiger partial charge in [-0.3, -0.25) is 14.8 Å². The van der Waals surface area contributed by atoms with Crippen molar-refractivity contribution in [1.29, 1.82) is 0 Å². The van der Waals surface area contributed by atoms with Crippen molar-refractivity contribution in [3.05, 3.63) is 47.2 Å². The van der Waals surface area contributed by atoms with Gasteiger partial charge in [0.25, 0.3) is 5.91 Å². The average molecular weight is 344 g/mol. The zero-order valence-electron chi connectivity index (χ0n) is 13.9. The van der Waals surface area contributed by atoms with E-state index in [4.69, 9.17) is 10.2 Å². The molecular formula is C17H20N4O2S. The molecule has 6 nitrogen and oxygen atoms in total. The van der Waals surface area contributed by atoms with Crippen LogP contribution in [0.3, 0.4) is 0 Å². The monoisotopic (exact) mass is 344 g/mol. The van der Waals surface area contributed by atoms with E-state index in [0.717, 1.165) is 17.7 Å². The number of aromatic nitrogens is 1. The molecular weight excluding hydrogens is 324 g/mol. The number of thioether (sulfide) groups is 1. The number of aryl methyl sites for hydroxylation is 2. The van der Waals surface area contributed by atoms with E-state index in [2.05, 4.69) is 15.3 Å². The number of anilines is 1. The molecule has 1 aliphatic rings. The summed E-state index contributed by atoms with van der Waals surface area (Å²) in [4.78, 5) is 21.2. The third-order valence-electron chi connectivity index (χ3n) is 4.10. The third kappa shape index (κ3) is 3.31. The molecule has 1 amide bonds. The second-order valence-electron chi connectivity index (χ2n) is 6.07. The molecule has 7 heteroatoms. The number of pyridine rings is 1. The minimum Gasteiger partial charge on any atom is -0.466 e. The van der Waals surface area contributed by atoms with Gasteiger partial charge in [0.15, 0.2) is 5.17 Å². The lowest BCUT2D eigenvalue weighted by Gasteiger charge is -2.29. The fourth-order valence-electron chi connectivity index (χ4n) is 2.75. The highest BCUT2D eigenvalue weighted by Gasteiger charge is 2.30. The van der Waals surface area contributed by atoms with Crippen molar-refractivity contribution in [3.63, 3.8) is 0 Å². The summed E-state index contributed by atoms with van der Waals surface area (Å²) in [5, 5.41) is 3.46. The Hall–Kier alpha value is -2.28. The molecule has 0 saturated carbocycles. The molecule has 0 radical (unpaired) electrons. The Morgan fingerprint density at radius 3 is 2.83 bits per heavy atom. The van der Waals surface area contributed by atoms with Gasteiger partial charge in [-0.15, -0.1) is 0 Å². The number of amides is 1. The first kappa shape index (κ1) is 16.6. The van der Waals surface area contributed by atoms with Crippen molar-refractivity contribution >= 4 is 28.5 Å². The van der Waals surface area contributed by atoms with Crippen molar-refractivity contribution < 1.29 is 9.21 Å². The number of nitrogens with one attached hydrogen (secondary N) is 1. The number of hydrogen-bond acceptors (Lipinski definition) is 6. The van der Waals surface area contributed by atoms with Crippen LogP contribution in [-0.2, 0) is 5.54 Å². The Morgan fingerprint density at radius 2 is 2.17 bits per heavy atom. The van der Waals surface area contributed by atoms with Crippen LogP contribution in [-0.4, -0.2) is 21.8 Å². The largest absolute Gasteiger partial charge is 0.466 e. The van der Waals surface area contributed by atoms with Gasteiger partial charge in [-0.1, -0.05) is 11.8 Å². The summed E-state index contributed by atoms with van der Waals surface area (Å²) in [6.45, 7) is 5.62. The zero-order chi connectivity index (χ0) is 17.3. The second-order valence-corrected chi connectivity index (χ2v) is 7.18. The minimum absolute atomic E-state index is 0.212. The maximum Gasteiger partial charge on any atom is 0.259 e. The molecule has 3 heterocycles. The van der Waals surface area contributed by atoms with Crippen LogP contribution in [0.2, 0.25) is 0 Å². The SMILES string of the molecule is Cc1cc(C(=O)Nc2cncc([C@]3(C)CCSC(N)=N3)c2)c(C)o1. The maximum atomic E-state index is 12.4. The second kappa shape index (κ2) is 6.32. The molecule has 3 rings (SSSR count). The fraction of sp³-hybridized carbons (Fsp3) is 0.353. The number of nitrogens with zero attached hydrogens (tertiary/aromatic N) is 2. The smallest absolute Gasteiger partial charge is 0.259 e. The van der Waals surface area contributed by atoms with Crippen LogP contribution in [0.4, 0.5) is 5.69 Å². The molecule has 0 aliphatic carbocycles. The van der Waals surface area contributed by atoms with Crippen LogP contribution in [0.15, 0.2) is 33.9 Å². The van der Waals surface area contributed by atoms with Crippen LogP contribution < -0.4 is 11.1 Å². The van der Waals surface area contributed by atoms with Gasteiger partial charge in [-0.2, -0.15) is 0 Å². The lowest BCUT2D eigenvalue weighted by Crippen LogP contribution is -2.29. The van der Waals surface area contributed by atoms with Crippen molar-refractivity contribution in [1.82, 2.24) is 4.98 Å². The van der Waals surface area contributed by atoms with E-state index in [1.807, 2.05) is 19.9 Å². The van der Waals surface area contributed by atoms with Gasteiger partial charge in [-0.25, -0.2) is 0 Å². The highest BCUT2D eigenvalue weighted by molar-refractivity contribution is 8.13. The van der Waals surface area contributed by atoms with Gasteiger partial charge < -0.3 is 15.5 Å². The molecule has 0 fully saturated rings. The molecule has 0 aromatic carbocycles. The number of hydrogen-bond donors (Lipinski definition) is 2. The summed E-state index contributed by atoms with van der Waals surface area (Å²) in [6, 6.07) is 3.63. The summed E-state index contributed by atoms with van der Waals surface area (Å²) in [7, 11) is 0. The Kier molecular flexibility index (Phi) is 4.36. The number of aliphatic imine (C=N–C) groups is 1. The van der Waals surface area contributed by atoms with Gasteiger partial charge in [-0.05, 0) is 44.9 Å². The molecule has 126 valence electrons. The molecule has 2 aromatic rings. The molecule has 0 unspecified atom stereocenters. The highest BCUT2D eigenvalue weighted by atomic mass is 32.2. The quantitative estimate of drug-likeness (QED) is 0.892. The van der Waals surface area contributed by atoms with E-state index in [9.17, 15) is 4.79 Å². The molecule has 1 aliphatic heterocycles. The topological polar surface area (TPSA) is 93.5 Å². The average Bonchev–Trinajstić information content (AvgIpc) is 2.86.